The molecule has 3 heterocycles. The number of carbonyl (C=O) groups excluding carboxylic acids is 1. The van der Waals surface area contributed by atoms with Gasteiger partial charge in [0.25, 0.3) is 11.9 Å². The number of fused-ring (bicyclic) bond motifs is 2. The van der Waals surface area contributed by atoms with Crippen molar-refractivity contribution in [1.82, 2.24) is 14.6 Å². The lowest BCUT2D eigenvalue weighted by atomic mass is 10.1. The molecule has 5 aromatic rings. The Morgan fingerprint density at radius 1 is 1.11 bits per heavy atom. The van der Waals surface area contributed by atoms with Crippen molar-refractivity contribution < 1.29 is 9.21 Å². The fraction of sp³-hybridized carbons (Fsp3) is 0.0952. The Hall–Kier alpha value is -3.45. The lowest BCUT2D eigenvalue weighted by Crippen LogP contribution is -2.13. The van der Waals surface area contributed by atoms with Gasteiger partial charge < -0.3 is 4.42 Å². The van der Waals surface area contributed by atoms with Crippen molar-refractivity contribution in [1.29, 1.82) is 0 Å². The van der Waals surface area contributed by atoms with Gasteiger partial charge >= 0.3 is 0 Å². The number of nitrogens with zero attached hydrogens (tertiary/aromatic N) is 3. The van der Waals surface area contributed by atoms with Crippen LogP contribution in [0.15, 0.2) is 58.3 Å². The lowest BCUT2D eigenvalue weighted by molar-refractivity contribution is 0.0997. The van der Waals surface area contributed by atoms with Gasteiger partial charge in [-0.25, -0.2) is 4.52 Å². The lowest BCUT2D eigenvalue weighted by Gasteiger charge is -2.00. The highest BCUT2D eigenvalue weighted by atomic mass is 32.1. The maximum Gasteiger partial charge on any atom is 0.294 e. The van der Waals surface area contributed by atoms with E-state index in [0.717, 1.165) is 22.2 Å². The molecular weight excluding hydrogens is 372 g/mol. The van der Waals surface area contributed by atoms with Gasteiger partial charge in [0, 0.05) is 21.9 Å². The van der Waals surface area contributed by atoms with Gasteiger partial charge in [-0.2, -0.15) is 4.98 Å². The summed E-state index contributed by atoms with van der Waals surface area (Å²) in [4.78, 5) is 17.8. The van der Waals surface area contributed by atoms with Crippen LogP contribution in [-0.2, 0) is 0 Å². The normalized spacial score (nSPS) is 11.4. The van der Waals surface area contributed by atoms with Crippen LogP contribution in [0.5, 0.6) is 0 Å². The average molecular weight is 388 g/mol. The SMILES string of the molecule is Cc1ccc(-c2csc3nc(NC(=O)c4oc5ccccc5c4C)nn23)cc1. The summed E-state index contributed by atoms with van der Waals surface area (Å²) in [7, 11) is 0. The second kappa shape index (κ2) is 6.31. The number of aryl methyl sites for hydroxylation is 2. The predicted octanol–water partition coefficient (Wildman–Crippen LogP) is 5.07. The number of hydrogen-bond acceptors (Lipinski definition) is 5. The van der Waals surface area contributed by atoms with Crippen LogP contribution < -0.4 is 5.32 Å². The van der Waals surface area contributed by atoms with E-state index in [1.54, 1.807) is 4.52 Å². The van der Waals surface area contributed by atoms with Gasteiger partial charge in [0.1, 0.15) is 5.58 Å². The molecule has 1 amide bonds. The van der Waals surface area contributed by atoms with Crippen molar-refractivity contribution in [2.45, 2.75) is 13.8 Å². The van der Waals surface area contributed by atoms with Crippen molar-refractivity contribution in [2.24, 2.45) is 0 Å². The Morgan fingerprint density at radius 3 is 2.68 bits per heavy atom. The van der Waals surface area contributed by atoms with E-state index in [0.29, 0.717) is 10.5 Å². The summed E-state index contributed by atoms with van der Waals surface area (Å²) < 4.78 is 7.47. The Kier molecular flexibility index (Phi) is 3.77. The van der Waals surface area contributed by atoms with Gasteiger partial charge in [-0.1, -0.05) is 48.0 Å². The maximum atomic E-state index is 12.7. The van der Waals surface area contributed by atoms with E-state index < -0.39 is 0 Å². The third kappa shape index (κ3) is 2.68. The molecule has 5 rings (SSSR count). The number of rotatable bonds is 3. The molecule has 0 saturated heterocycles. The second-order valence-corrected chi connectivity index (χ2v) is 7.46. The molecule has 0 unspecified atom stereocenters. The Morgan fingerprint density at radius 2 is 1.89 bits per heavy atom. The first-order valence-corrected chi connectivity index (χ1v) is 9.69. The highest BCUT2D eigenvalue weighted by molar-refractivity contribution is 7.15. The van der Waals surface area contributed by atoms with Crippen LogP contribution in [0.1, 0.15) is 21.7 Å². The van der Waals surface area contributed by atoms with E-state index in [2.05, 4.69) is 46.6 Å². The topological polar surface area (TPSA) is 72.4 Å². The number of amides is 1. The van der Waals surface area contributed by atoms with Crippen LogP contribution in [0.2, 0.25) is 0 Å². The highest BCUT2D eigenvalue weighted by Crippen LogP contribution is 2.28. The molecule has 138 valence electrons. The van der Waals surface area contributed by atoms with Crippen LogP contribution in [0, 0.1) is 13.8 Å². The molecule has 1 N–H and O–H groups in total. The molecule has 0 atom stereocenters. The number of carbonyl (C=O) groups is 1. The zero-order valence-corrected chi connectivity index (χ0v) is 16.1. The number of benzene rings is 2. The van der Waals surface area contributed by atoms with E-state index in [1.165, 1.54) is 16.9 Å². The minimum absolute atomic E-state index is 0.255. The average Bonchev–Trinajstić information content (AvgIpc) is 3.36. The van der Waals surface area contributed by atoms with E-state index in [1.807, 2.05) is 36.6 Å². The summed E-state index contributed by atoms with van der Waals surface area (Å²) >= 11 is 1.48. The zero-order valence-electron chi connectivity index (χ0n) is 15.3. The van der Waals surface area contributed by atoms with Crippen molar-refractivity contribution in [2.75, 3.05) is 5.32 Å². The molecule has 0 aliphatic carbocycles. The van der Waals surface area contributed by atoms with Crippen LogP contribution in [0.4, 0.5) is 5.95 Å². The number of thiazole rings is 1. The van der Waals surface area contributed by atoms with Gasteiger partial charge in [0.15, 0.2) is 5.76 Å². The van der Waals surface area contributed by atoms with Crippen LogP contribution in [0.3, 0.4) is 0 Å². The van der Waals surface area contributed by atoms with Crippen molar-refractivity contribution in [3.05, 3.63) is 70.8 Å². The number of para-hydroxylation sites is 1. The number of anilines is 1. The molecule has 0 saturated carbocycles. The molecule has 0 fully saturated rings. The van der Waals surface area contributed by atoms with Crippen LogP contribution >= 0.6 is 11.3 Å². The van der Waals surface area contributed by atoms with Gasteiger partial charge in [0.2, 0.25) is 4.96 Å². The van der Waals surface area contributed by atoms with E-state index in [4.69, 9.17) is 4.42 Å². The Bertz CT molecular complexity index is 1330. The third-order valence-electron chi connectivity index (χ3n) is 4.70. The molecule has 0 aliphatic rings. The molecule has 3 aromatic heterocycles. The number of hydrogen-bond donors (Lipinski definition) is 1. The first-order chi connectivity index (χ1) is 13.6. The quantitative estimate of drug-likeness (QED) is 0.468. The minimum atomic E-state index is -0.358. The summed E-state index contributed by atoms with van der Waals surface area (Å²) in [6.07, 6.45) is 0. The maximum absolute atomic E-state index is 12.7. The summed E-state index contributed by atoms with van der Waals surface area (Å²) in [6, 6.07) is 15.8. The molecule has 7 heteroatoms. The molecule has 0 bridgehead atoms. The number of nitrogens with one attached hydrogen (secondary N) is 1. The smallest absolute Gasteiger partial charge is 0.294 e. The molecule has 2 aromatic carbocycles. The molecule has 0 spiro atoms. The summed E-state index contributed by atoms with van der Waals surface area (Å²) in [6.45, 7) is 3.92. The monoisotopic (exact) mass is 388 g/mol. The van der Waals surface area contributed by atoms with Crippen LogP contribution in [0.25, 0.3) is 27.2 Å². The summed E-state index contributed by atoms with van der Waals surface area (Å²) in [5.41, 5.74) is 4.67. The summed E-state index contributed by atoms with van der Waals surface area (Å²) in [5, 5.41) is 10.2. The Labute approximate surface area is 164 Å². The van der Waals surface area contributed by atoms with Gasteiger partial charge in [0.05, 0.1) is 5.69 Å². The molecule has 0 radical (unpaired) electrons. The van der Waals surface area contributed by atoms with Crippen LogP contribution in [-0.4, -0.2) is 20.5 Å². The largest absolute Gasteiger partial charge is 0.451 e. The van der Waals surface area contributed by atoms with Crippen molar-refractivity contribution in [3.63, 3.8) is 0 Å². The second-order valence-electron chi connectivity index (χ2n) is 6.62. The fourth-order valence-electron chi connectivity index (χ4n) is 3.21. The van der Waals surface area contributed by atoms with Gasteiger partial charge in [-0.15, -0.1) is 16.4 Å². The first-order valence-electron chi connectivity index (χ1n) is 8.81. The Balaban J connectivity index is 1.47. The third-order valence-corrected chi connectivity index (χ3v) is 5.52. The van der Waals surface area contributed by atoms with E-state index >= 15 is 0 Å². The molecule has 6 nitrogen and oxygen atoms in total. The molecule has 28 heavy (non-hydrogen) atoms. The first kappa shape index (κ1) is 16.7. The van der Waals surface area contributed by atoms with E-state index in [-0.39, 0.29) is 17.6 Å². The number of furan rings is 1. The highest BCUT2D eigenvalue weighted by Gasteiger charge is 2.20. The number of aromatic nitrogens is 3. The standard InChI is InChI=1S/C21H16N4O2S/c1-12-7-9-14(10-8-12)16-11-28-21-23-20(24-25(16)21)22-19(26)18-13(2)15-5-3-4-6-17(15)27-18/h3-11H,1-2H3,(H,22,24,26). The van der Waals surface area contributed by atoms with Gasteiger partial charge in [-0.3, -0.25) is 10.1 Å². The molecular formula is C21H16N4O2S. The minimum Gasteiger partial charge on any atom is -0.451 e. The van der Waals surface area contributed by atoms with Crippen molar-refractivity contribution >= 4 is 39.1 Å². The molecule has 0 aliphatic heterocycles. The van der Waals surface area contributed by atoms with E-state index in [9.17, 15) is 4.79 Å². The fourth-order valence-corrected chi connectivity index (χ4v) is 4.04. The van der Waals surface area contributed by atoms with Gasteiger partial charge in [-0.05, 0) is 19.9 Å². The predicted molar refractivity (Wildman–Crippen MR) is 110 cm³/mol. The van der Waals surface area contributed by atoms with Crippen molar-refractivity contribution in [3.8, 4) is 11.3 Å². The summed E-state index contributed by atoms with van der Waals surface area (Å²) in [5.74, 6) is 0.173. The zero-order chi connectivity index (χ0) is 19.3.